The quantitative estimate of drug-likeness (QED) is 0.438. The van der Waals surface area contributed by atoms with Gasteiger partial charge in [0.05, 0.1) is 24.5 Å². The fourth-order valence-corrected chi connectivity index (χ4v) is 3.28. The van der Waals surface area contributed by atoms with Crippen molar-refractivity contribution in [3.63, 3.8) is 0 Å². The largest absolute Gasteiger partial charge is 0.450 e. The van der Waals surface area contributed by atoms with Crippen molar-refractivity contribution in [1.29, 1.82) is 0 Å². The number of fused-ring (bicyclic) bond motifs is 1. The molecule has 0 fully saturated rings. The predicted octanol–water partition coefficient (Wildman–Crippen LogP) is 4.09. The fraction of sp³-hybridized carbons (Fsp3) is 0.130. The predicted molar refractivity (Wildman–Crippen MR) is 119 cm³/mol. The van der Waals surface area contributed by atoms with Gasteiger partial charge in [0.25, 0.3) is 5.56 Å². The van der Waals surface area contributed by atoms with E-state index >= 15 is 0 Å². The normalized spacial score (nSPS) is 10.8. The van der Waals surface area contributed by atoms with Crippen LogP contribution in [0.25, 0.3) is 11.2 Å². The summed E-state index contributed by atoms with van der Waals surface area (Å²) >= 11 is 0. The Labute approximate surface area is 178 Å². The third kappa shape index (κ3) is 4.69. The molecule has 1 amide bonds. The van der Waals surface area contributed by atoms with E-state index < -0.39 is 6.09 Å². The number of hydrogen-bond donors (Lipinski definition) is 3. The molecular weight excluding hydrogens is 394 g/mol. The number of pyridine rings is 1. The Balaban J connectivity index is 1.80. The first kappa shape index (κ1) is 20.1. The molecule has 2 heterocycles. The SMILES string of the molecule is CCOC(=O)Nc1cc(NC(c2ccccc2)c2ccccc2)c2ncc(=O)[nH]c2n1. The minimum absolute atomic E-state index is 0.197. The van der Waals surface area contributed by atoms with E-state index in [2.05, 4.69) is 25.6 Å². The number of ether oxygens (including phenoxy) is 1. The summed E-state index contributed by atoms with van der Waals surface area (Å²) < 4.78 is 4.94. The third-order valence-electron chi connectivity index (χ3n) is 4.62. The molecule has 0 saturated heterocycles. The lowest BCUT2D eigenvalue weighted by atomic mass is 9.98. The van der Waals surface area contributed by atoms with Crippen molar-refractivity contribution in [2.75, 3.05) is 17.2 Å². The molecule has 2 aromatic heterocycles. The van der Waals surface area contributed by atoms with Crippen molar-refractivity contribution in [1.82, 2.24) is 15.0 Å². The van der Waals surface area contributed by atoms with Crippen molar-refractivity contribution in [2.45, 2.75) is 13.0 Å². The second-order valence-corrected chi connectivity index (χ2v) is 6.74. The molecule has 0 unspecified atom stereocenters. The molecule has 3 N–H and O–H groups in total. The average Bonchev–Trinajstić information content (AvgIpc) is 2.78. The highest BCUT2D eigenvalue weighted by Crippen LogP contribution is 2.30. The number of hydrogen-bond acceptors (Lipinski definition) is 6. The van der Waals surface area contributed by atoms with Crippen LogP contribution in [0.15, 0.2) is 77.7 Å². The number of carbonyl (C=O) groups is 1. The monoisotopic (exact) mass is 415 g/mol. The molecule has 8 heteroatoms. The van der Waals surface area contributed by atoms with E-state index in [9.17, 15) is 9.59 Å². The molecule has 0 aliphatic carbocycles. The highest BCUT2D eigenvalue weighted by Gasteiger charge is 2.18. The molecule has 0 spiro atoms. The molecule has 2 aromatic carbocycles. The van der Waals surface area contributed by atoms with E-state index in [1.165, 1.54) is 6.20 Å². The number of H-pyrrole nitrogens is 1. The first-order valence-corrected chi connectivity index (χ1v) is 9.84. The van der Waals surface area contributed by atoms with Crippen LogP contribution in [-0.2, 0) is 4.74 Å². The lowest BCUT2D eigenvalue weighted by molar-refractivity contribution is 0.168. The summed E-state index contributed by atoms with van der Waals surface area (Å²) in [7, 11) is 0. The van der Waals surface area contributed by atoms with E-state index in [4.69, 9.17) is 4.74 Å². The number of nitrogens with one attached hydrogen (secondary N) is 3. The lowest BCUT2D eigenvalue weighted by Crippen LogP contribution is -2.17. The Morgan fingerprint density at radius 1 is 1.06 bits per heavy atom. The Morgan fingerprint density at radius 2 is 1.71 bits per heavy atom. The van der Waals surface area contributed by atoms with Crippen molar-refractivity contribution < 1.29 is 9.53 Å². The number of aromatic nitrogens is 3. The minimum Gasteiger partial charge on any atom is -0.450 e. The average molecular weight is 415 g/mol. The molecule has 156 valence electrons. The van der Waals surface area contributed by atoms with Crippen LogP contribution in [0, 0.1) is 0 Å². The van der Waals surface area contributed by atoms with Gasteiger partial charge in [-0.25, -0.2) is 14.8 Å². The van der Waals surface area contributed by atoms with Crippen LogP contribution in [-0.4, -0.2) is 27.7 Å². The summed E-state index contributed by atoms with van der Waals surface area (Å²) in [5.41, 5.74) is 3.04. The summed E-state index contributed by atoms with van der Waals surface area (Å²) in [6.45, 7) is 1.94. The summed E-state index contributed by atoms with van der Waals surface area (Å²) in [4.78, 5) is 34.9. The third-order valence-corrected chi connectivity index (χ3v) is 4.62. The summed E-state index contributed by atoms with van der Waals surface area (Å²) in [6.07, 6.45) is 0.572. The molecule has 0 atom stereocenters. The zero-order chi connectivity index (χ0) is 21.6. The number of rotatable bonds is 6. The number of benzene rings is 2. The molecule has 4 aromatic rings. The molecule has 0 saturated carbocycles. The van der Waals surface area contributed by atoms with Crippen LogP contribution in [0.3, 0.4) is 0 Å². The Hall–Kier alpha value is -4.20. The number of nitrogens with zero attached hydrogens (tertiary/aromatic N) is 2. The summed E-state index contributed by atoms with van der Waals surface area (Å²) in [5.74, 6) is 0.233. The van der Waals surface area contributed by atoms with Crippen LogP contribution in [0.2, 0.25) is 0 Å². The van der Waals surface area contributed by atoms with Crippen LogP contribution >= 0.6 is 0 Å². The maximum absolute atomic E-state index is 11.9. The van der Waals surface area contributed by atoms with Crippen LogP contribution in [0.5, 0.6) is 0 Å². The van der Waals surface area contributed by atoms with Gasteiger partial charge in [0, 0.05) is 6.07 Å². The first-order valence-electron chi connectivity index (χ1n) is 9.84. The second kappa shape index (κ2) is 9.08. The molecule has 0 radical (unpaired) electrons. The van der Waals surface area contributed by atoms with Gasteiger partial charge in [-0.1, -0.05) is 60.7 Å². The summed E-state index contributed by atoms with van der Waals surface area (Å²) in [6, 6.07) is 21.4. The van der Waals surface area contributed by atoms with Gasteiger partial charge in [-0.3, -0.25) is 10.1 Å². The van der Waals surface area contributed by atoms with E-state index in [0.29, 0.717) is 11.2 Å². The van der Waals surface area contributed by atoms with Gasteiger partial charge in [-0.15, -0.1) is 0 Å². The molecule has 31 heavy (non-hydrogen) atoms. The standard InChI is InChI=1S/C23H21N5O3/c1-2-31-23(30)27-18-13-17(21-22(26-18)28-19(29)14-24-21)25-20(15-9-5-3-6-10-15)16-11-7-4-8-12-16/h3-14,20H,2H2,1H3,(H3,25,26,27,28,29,30). The second-order valence-electron chi connectivity index (χ2n) is 6.74. The van der Waals surface area contributed by atoms with Gasteiger partial charge >= 0.3 is 6.09 Å². The Morgan fingerprint density at radius 3 is 2.32 bits per heavy atom. The Bertz CT molecular complexity index is 1200. The van der Waals surface area contributed by atoms with Gasteiger partial charge in [0.1, 0.15) is 11.3 Å². The molecule has 4 rings (SSSR count). The zero-order valence-electron chi connectivity index (χ0n) is 16.8. The van der Waals surface area contributed by atoms with Gasteiger partial charge in [-0.05, 0) is 18.1 Å². The molecule has 0 aliphatic heterocycles. The first-order chi connectivity index (χ1) is 15.1. The maximum atomic E-state index is 11.9. The lowest BCUT2D eigenvalue weighted by Gasteiger charge is -2.22. The molecule has 0 aliphatic rings. The molecule has 8 nitrogen and oxygen atoms in total. The topological polar surface area (TPSA) is 109 Å². The van der Waals surface area contributed by atoms with E-state index in [1.807, 2.05) is 60.7 Å². The van der Waals surface area contributed by atoms with Gasteiger partial charge in [0.2, 0.25) is 0 Å². The Kier molecular flexibility index (Phi) is 5.89. The minimum atomic E-state index is -0.630. The summed E-state index contributed by atoms with van der Waals surface area (Å²) in [5, 5.41) is 6.09. The molecule has 0 bridgehead atoms. The molecular formula is C23H21N5O3. The van der Waals surface area contributed by atoms with Crippen molar-refractivity contribution in [2.24, 2.45) is 0 Å². The van der Waals surface area contributed by atoms with Crippen LogP contribution in [0.1, 0.15) is 24.1 Å². The van der Waals surface area contributed by atoms with E-state index in [0.717, 1.165) is 11.1 Å². The van der Waals surface area contributed by atoms with Crippen LogP contribution < -0.4 is 16.2 Å². The maximum Gasteiger partial charge on any atom is 0.412 e. The number of carbonyl (C=O) groups excluding carboxylic acids is 1. The van der Waals surface area contributed by atoms with Gasteiger partial charge in [-0.2, -0.15) is 0 Å². The van der Waals surface area contributed by atoms with E-state index in [-0.39, 0.29) is 29.7 Å². The fourth-order valence-electron chi connectivity index (χ4n) is 3.28. The van der Waals surface area contributed by atoms with Crippen molar-refractivity contribution in [3.8, 4) is 0 Å². The van der Waals surface area contributed by atoms with Crippen LogP contribution in [0.4, 0.5) is 16.3 Å². The van der Waals surface area contributed by atoms with Gasteiger partial charge < -0.3 is 15.0 Å². The highest BCUT2D eigenvalue weighted by molar-refractivity contribution is 5.91. The van der Waals surface area contributed by atoms with Crippen molar-refractivity contribution >= 4 is 28.8 Å². The highest BCUT2D eigenvalue weighted by atomic mass is 16.5. The smallest absolute Gasteiger partial charge is 0.412 e. The number of aromatic amines is 1. The van der Waals surface area contributed by atoms with E-state index in [1.54, 1.807) is 13.0 Å². The van der Waals surface area contributed by atoms with Crippen molar-refractivity contribution in [3.05, 3.63) is 94.4 Å². The number of anilines is 2. The zero-order valence-corrected chi connectivity index (χ0v) is 16.8. The van der Waals surface area contributed by atoms with Gasteiger partial charge in [0.15, 0.2) is 5.65 Å². The number of amides is 1.